The van der Waals surface area contributed by atoms with Gasteiger partial charge in [-0.15, -0.1) is 10.2 Å². The zero-order valence-corrected chi connectivity index (χ0v) is 15.5. The zero-order chi connectivity index (χ0) is 20.4. The number of rotatable bonds is 4. The lowest BCUT2D eigenvalue weighted by atomic mass is 10.1. The molecule has 1 aromatic carbocycles. The van der Waals surface area contributed by atoms with Crippen LogP contribution in [0.1, 0.15) is 47.6 Å². The maximum atomic E-state index is 13.5. The first-order valence-electron chi connectivity index (χ1n) is 8.78. The van der Waals surface area contributed by atoms with E-state index in [1.54, 1.807) is 6.20 Å². The summed E-state index contributed by atoms with van der Waals surface area (Å²) in [5, 5.41) is 14.4. The Kier molecular flexibility index (Phi) is 3.87. The Morgan fingerprint density at radius 3 is 2.48 bits per heavy atom. The second-order valence-corrected chi connectivity index (χ2v) is 8.90. The standard InChI is InChI=1S/C17H14F3N5O3S/c18-17(19,20)10-3-5-11(6-4-10)29(26,27)25-14(9-1-2-9)12-7-21-23-13(12)15(25)16-24-22-8-28-16/h3-9,14-15H,1-2H2,(H,21,23). The molecule has 12 heteroatoms. The summed E-state index contributed by atoms with van der Waals surface area (Å²) in [7, 11) is -4.18. The van der Waals surface area contributed by atoms with Crippen LogP contribution in [0.5, 0.6) is 0 Å². The summed E-state index contributed by atoms with van der Waals surface area (Å²) in [6.45, 7) is 0. The third-order valence-corrected chi connectivity index (χ3v) is 7.12. The van der Waals surface area contributed by atoms with Crippen molar-refractivity contribution in [3.63, 3.8) is 0 Å². The van der Waals surface area contributed by atoms with Crippen LogP contribution in [0, 0.1) is 5.92 Å². The first-order valence-corrected chi connectivity index (χ1v) is 10.2. The molecule has 5 rings (SSSR count). The summed E-state index contributed by atoms with van der Waals surface area (Å²) in [5.74, 6) is 0.151. The molecule has 0 radical (unpaired) electrons. The first kappa shape index (κ1) is 18.3. The van der Waals surface area contributed by atoms with E-state index in [1.807, 2.05) is 0 Å². The number of nitrogens with one attached hydrogen (secondary N) is 1. The molecule has 8 nitrogen and oxygen atoms in total. The van der Waals surface area contributed by atoms with Gasteiger partial charge in [-0.05, 0) is 43.0 Å². The zero-order valence-electron chi connectivity index (χ0n) is 14.7. The summed E-state index contributed by atoms with van der Waals surface area (Å²) in [6.07, 6.45) is -0.208. The van der Waals surface area contributed by atoms with E-state index >= 15 is 0 Å². The van der Waals surface area contributed by atoms with Gasteiger partial charge in [-0.25, -0.2) is 8.42 Å². The molecule has 0 bridgehead atoms. The molecule has 2 unspecified atom stereocenters. The number of hydrogen-bond donors (Lipinski definition) is 1. The van der Waals surface area contributed by atoms with Crippen LogP contribution in [0.25, 0.3) is 0 Å². The van der Waals surface area contributed by atoms with Crippen molar-refractivity contribution < 1.29 is 26.0 Å². The molecular weight excluding hydrogens is 411 g/mol. The molecule has 1 fully saturated rings. The highest BCUT2D eigenvalue weighted by molar-refractivity contribution is 7.89. The van der Waals surface area contributed by atoms with Crippen LogP contribution < -0.4 is 0 Å². The molecule has 0 spiro atoms. The van der Waals surface area contributed by atoms with Crippen molar-refractivity contribution in [1.29, 1.82) is 0 Å². The highest BCUT2D eigenvalue weighted by Gasteiger charge is 2.54. The molecule has 152 valence electrons. The summed E-state index contributed by atoms with van der Waals surface area (Å²) in [6, 6.07) is 2.03. The van der Waals surface area contributed by atoms with Crippen LogP contribution >= 0.6 is 0 Å². The molecule has 1 aliphatic carbocycles. The van der Waals surface area contributed by atoms with Gasteiger partial charge in [-0.3, -0.25) is 5.10 Å². The molecule has 1 N–H and O–H groups in total. The van der Waals surface area contributed by atoms with Crippen molar-refractivity contribution in [2.75, 3.05) is 0 Å². The maximum Gasteiger partial charge on any atom is 0.416 e. The lowest BCUT2D eigenvalue weighted by Crippen LogP contribution is -2.35. The highest BCUT2D eigenvalue weighted by atomic mass is 32.2. The van der Waals surface area contributed by atoms with Crippen LogP contribution in [0.3, 0.4) is 0 Å². The summed E-state index contributed by atoms with van der Waals surface area (Å²) < 4.78 is 72.2. The van der Waals surface area contributed by atoms with E-state index in [0.717, 1.165) is 43.5 Å². The molecule has 0 amide bonds. The van der Waals surface area contributed by atoms with Crippen LogP contribution in [0.4, 0.5) is 13.2 Å². The Morgan fingerprint density at radius 2 is 1.90 bits per heavy atom. The van der Waals surface area contributed by atoms with Crippen LogP contribution in [0.15, 0.2) is 46.2 Å². The molecule has 1 saturated carbocycles. The summed E-state index contributed by atoms with van der Waals surface area (Å²) in [5.41, 5.74) is 0.326. The van der Waals surface area contributed by atoms with E-state index in [2.05, 4.69) is 20.4 Å². The molecule has 3 aromatic rings. The van der Waals surface area contributed by atoms with Crippen LogP contribution in [-0.4, -0.2) is 33.1 Å². The van der Waals surface area contributed by atoms with Crippen LogP contribution in [-0.2, 0) is 16.2 Å². The van der Waals surface area contributed by atoms with Crippen molar-refractivity contribution in [3.8, 4) is 0 Å². The third kappa shape index (κ3) is 2.85. The van der Waals surface area contributed by atoms with Gasteiger partial charge in [-0.2, -0.15) is 22.6 Å². The number of halogens is 3. The molecule has 29 heavy (non-hydrogen) atoms. The van der Waals surface area contributed by atoms with Gasteiger partial charge in [0.25, 0.3) is 0 Å². The lowest BCUT2D eigenvalue weighted by molar-refractivity contribution is -0.137. The summed E-state index contributed by atoms with van der Waals surface area (Å²) >= 11 is 0. The maximum absolute atomic E-state index is 13.5. The van der Waals surface area contributed by atoms with Gasteiger partial charge >= 0.3 is 6.18 Å². The quantitative estimate of drug-likeness (QED) is 0.689. The second kappa shape index (κ2) is 6.13. The topological polar surface area (TPSA) is 105 Å². The smallest absolute Gasteiger partial charge is 0.416 e. The Balaban J connectivity index is 1.62. The number of H-pyrrole nitrogens is 1. The molecular formula is C17H14F3N5O3S. The molecule has 3 heterocycles. The number of nitrogens with zero attached hydrogens (tertiary/aromatic N) is 4. The van der Waals surface area contributed by atoms with Crippen molar-refractivity contribution in [1.82, 2.24) is 24.7 Å². The molecule has 1 aliphatic heterocycles. The fourth-order valence-corrected chi connectivity index (χ4v) is 5.60. The minimum Gasteiger partial charge on any atom is -0.426 e. The average molecular weight is 425 g/mol. The minimum atomic E-state index is -4.55. The Morgan fingerprint density at radius 1 is 1.17 bits per heavy atom. The molecule has 2 aliphatic rings. The highest BCUT2D eigenvalue weighted by Crippen LogP contribution is 2.56. The van der Waals surface area contributed by atoms with Gasteiger partial charge < -0.3 is 4.42 Å². The molecule has 0 saturated heterocycles. The largest absolute Gasteiger partial charge is 0.426 e. The average Bonchev–Trinajstić information content (AvgIpc) is 3.08. The van der Waals surface area contributed by atoms with Gasteiger partial charge in [0.2, 0.25) is 22.3 Å². The Bertz CT molecular complexity index is 1140. The Hall–Kier alpha value is -2.73. The number of alkyl halides is 3. The fraction of sp³-hybridized carbons (Fsp3) is 0.353. The normalized spacial score (nSPS) is 22.7. The number of aromatic nitrogens is 4. The lowest BCUT2D eigenvalue weighted by Gasteiger charge is -2.28. The number of hydrogen-bond acceptors (Lipinski definition) is 6. The van der Waals surface area contributed by atoms with Crippen molar-refractivity contribution in [2.45, 2.75) is 36.0 Å². The number of benzene rings is 1. The van der Waals surface area contributed by atoms with Gasteiger partial charge in [0, 0.05) is 5.56 Å². The predicted molar refractivity (Wildman–Crippen MR) is 90.7 cm³/mol. The van der Waals surface area contributed by atoms with E-state index in [4.69, 9.17) is 4.42 Å². The van der Waals surface area contributed by atoms with E-state index < -0.39 is 33.8 Å². The minimum absolute atomic E-state index is 0.0640. The SMILES string of the molecule is O=S(=O)(c1ccc(C(F)(F)F)cc1)N1C(c2nnco2)c2[nH]ncc2C1C1CC1. The van der Waals surface area contributed by atoms with Gasteiger partial charge in [0.1, 0.15) is 6.04 Å². The number of sulfonamides is 1. The van der Waals surface area contributed by atoms with Gasteiger partial charge in [0.05, 0.1) is 28.4 Å². The van der Waals surface area contributed by atoms with E-state index in [0.29, 0.717) is 11.3 Å². The predicted octanol–water partition coefficient (Wildman–Crippen LogP) is 3.06. The van der Waals surface area contributed by atoms with Crippen LogP contribution in [0.2, 0.25) is 0 Å². The third-order valence-electron chi connectivity index (χ3n) is 5.26. The van der Waals surface area contributed by atoms with Crippen molar-refractivity contribution >= 4 is 10.0 Å². The summed E-state index contributed by atoms with van der Waals surface area (Å²) in [4.78, 5) is -0.237. The fourth-order valence-electron chi connectivity index (χ4n) is 3.82. The van der Waals surface area contributed by atoms with Crippen molar-refractivity contribution in [3.05, 3.63) is 59.6 Å². The molecule has 2 aromatic heterocycles. The molecule has 2 atom stereocenters. The first-order chi connectivity index (χ1) is 13.8. The number of fused-ring (bicyclic) bond motifs is 1. The van der Waals surface area contributed by atoms with Crippen molar-refractivity contribution in [2.24, 2.45) is 5.92 Å². The monoisotopic (exact) mass is 425 g/mol. The second-order valence-electron chi connectivity index (χ2n) is 7.06. The van der Waals surface area contributed by atoms with E-state index in [9.17, 15) is 21.6 Å². The van der Waals surface area contributed by atoms with E-state index in [-0.39, 0.29) is 16.7 Å². The van der Waals surface area contributed by atoms with Gasteiger partial charge in [-0.1, -0.05) is 0 Å². The number of aromatic amines is 1. The van der Waals surface area contributed by atoms with E-state index in [1.165, 1.54) is 4.31 Å². The van der Waals surface area contributed by atoms with Gasteiger partial charge in [0.15, 0.2) is 0 Å². The Labute approximate surface area is 162 Å².